The highest BCUT2D eigenvalue weighted by Crippen LogP contribution is 2.58. The molecule has 0 radical (unpaired) electrons. The molecule has 12 nitrogen and oxygen atoms in total. The molecule has 1 saturated carbocycles. The first-order valence-electron chi connectivity index (χ1n) is 18.5. The Kier molecular flexibility index (Phi) is 11.2. The zero-order valence-corrected chi connectivity index (χ0v) is 30.6. The van der Waals surface area contributed by atoms with Crippen LogP contribution in [0.3, 0.4) is 0 Å². The molecule has 2 aliphatic heterocycles. The van der Waals surface area contributed by atoms with Crippen molar-refractivity contribution in [2.75, 3.05) is 13.2 Å². The van der Waals surface area contributed by atoms with Crippen molar-refractivity contribution in [2.45, 2.75) is 109 Å². The van der Waals surface area contributed by atoms with E-state index in [1.807, 2.05) is 30.3 Å². The molecule has 2 fully saturated rings. The highest BCUT2D eigenvalue weighted by atomic mass is 16.6. The summed E-state index contributed by atoms with van der Waals surface area (Å²) < 4.78 is 11.0. The van der Waals surface area contributed by atoms with Crippen LogP contribution in [-0.2, 0) is 30.4 Å². The number of aromatic nitrogens is 4. The zero-order valence-electron chi connectivity index (χ0n) is 30.6. The molecule has 1 saturated heterocycles. The minimum atomic E-state index is -0.942. The molecule has 0 spiro atoms. The number of tetrazole rings is 1. The summed E-state index contributed by atoms with van der Waals surface area (Å²) >= 11 is 0. The number of hydrogen-bond donors (Lipinski definition) is 1. The summed E-state index contributed by atoms with van der Waals surface area (Å²) in [4.78, 5) is 58.0. The Morgan fingerprint density at radius 1 is 1.00 bits per heavy atom. The van der Waals surface area contributed by atoms with Crippen molar-refractivity contribution < 1.29 is 28.7 Å². The molecule has 52 heavy (non-hydrogen) atoms. The lowest BCUT2D eigenvalue weighted by Crippen LogP contribution is -2.52. The van der Waals surface area contributed by atoms with Gasteiger partial charge in [0.15, 0.2) is 11.6 Å². The molecule has 2 amide bonds. The predicted octanol–water partition coefficient (Wildman–Crippen LogP) is 6.02. The van der Waals surface area contributed by atoms with Gasteiger partial charge >= 0.3 is 12.1 Å². The number of amides is 2. The lowest BCUT2D eigenvalue weighted by molar-refractivity contribution is -0.152. The van der Waals surface area contributed by atoms with E-state index in [4.69, 9.17) is 14.6 Å². The van der Waals surface area contributed by atoms with Gasteiger partial charge in [-0.25, -0.2) is 4.79 Å². The van der Waals surface area contributed by atoms with Crippen LogP contribution in [-0.4, -0.2) is 79.7 Å². The third kappa shape index (κ3) is 8.77. The van der Waals surface area contributed by atoms with E-state index in [9.17, 15) is 19.2 Å². The molecule has 1 N–H and O–H groups in total. The van der Waals surface area contributed by atoms with E-state index in [0.29, 0.717) is 31.6 Å². The van der Waals surface area contributed by atoms with Gasteiger partial charge in [-0.3, -0.25) is 14.4 Å². The van der Waals surface area contributed by atoms with Crippen LogP contribution in [0.15, 0.2) is 66.7 Å². The first-order valence-corrected chi connectivity index (χ1v) is 18.5. The number of Topliss-reactive ketones (excluding diaryl/α,β-unsaturated/α-hetero) is 1. The molecule has 3 aliphatic rings. The molecule has 1 aromatic heterocycles. The van der Waals surface area contributed by atoms with Crippen LogP contribution in [0, 0.1) is 11.3 Å². The lowest BCUT2D eigenvalue weighted by atomic mass is 9.91. The molecule has 0 unspecified atom stereocenters. The number of ketones is 1. The van der Waals surface area contributed by atoms with Crippen molar-refractivity contribution in [3.05, 3.63) is 78.1 Å². The van der Waals surface area contributed by atoms with Crippen LogP contribution < -0.4 is 5.32 Å². The number of alkyl carbamates (subject to hydrolysis) is 1. The van der Waals surface area contributed by atoms with Gasteiger partial charge in [-0.1, -0.05) is 79.6 Å². The highest BCUT2D eigenvalue weighted by molar-refractivity contribution is 5.96. The van der Waals surface area contributed by atoms with Crippen molar-refractivity contribution in [3.8, 4) is 11.1 Å². The van der Waals surface area contributed by atoms with Gasteiger partial charge in [-0.05, 0) is 87.6 Å². The summed E-state index contributed by atoms with van der Waals surface area (Å²) in [6.07, 6.45) is 7.90. The Morgan fingerprint density at radius 2 is 1.75 bits per heavy atom. The number of nitrogens with one attached hydrogen (secondary N) is 1. The quantitative estimate of drug-likeness (QED) is 0.230. The van der Waals surface area contributed by atoms with Crippen molar-refractivity contribution in [2.24, 2.45) is 11.3 Å². The van der Waals surface area contributed by atoms with Crippen LogP contribution in [0.2, 0.25) is 0 Å². The van der Waals surface area contributed by atoms with Crippen LogP contribution in [0.1, 0.15) is 96.4 Å². The lowest BCUT2D eigenvalue weighted by Gasteiger charge is -2.30. The van der Waals surface area contributed by atoms with Crippen molar-refractivity contribution in [3.63, 3.8) is 0 Å². The number of carbonyl (C=O) groups excluding carboxylic acids is 4. The first kappa shape index (κ1) is 36.9. The Morgan fingerprint density at radius 3 is 2.48 bits per heavy atom. The number of fused-ring (bicyclic) bond motifs is 2. The molecule has 5 atom stereocenters. The van der Waals surface area contributed by atoms with Gasteiger partial charge in [-0.2, -0.15) is 4.80 Å². The maximum absolute atomic E-state index is 14.4. The first-order chi connectivity index (χ1) is 25.0. The molecule has 6 rings (SSSR count). The van der Waals surface area contributed by atoms with Gasteiger partial charge in [0, 0.05) is 18.9 Å². The van der Waals surface area contributed by atoms with Gasteiger partial charge in [0.1, 0.15) is 11.6 Å². The zero-order chi connectivity index (χ0) is 36.9. The number of benzene rings is 2. The maximum atomic E-state index is 14.4. The predicted molar refractivity (Wildman–Crippen MR) is 194 cm³/mol. The van der Waals surface area contributed by atoms with Gasteiger partial charge in [-0.15, -0.1) is 10.2 Å². The largest absolute Gasteiger partial charge is 0.466 e. The average molecular weight is 711 g/mol. The topological polar surface area (TPSA) is 146 Å². The van der Waals surface area contributed by atoms with E-state index in [1.54, 1.807) is 32.6 Å². The molecule has 276 valence electrons. The SMILES string of the molecule is CCOC(=O)[C@]12CC(=O)[C@@H]3C[C@@H](c4nnn(Cc5ccc(-c6ccccc6)cc5)n4)CN3C(=O)[C@@H](NC(=O)OC(C)(C)C)CCCCC/C=C\[C@@H]1C2. The number of nitrogens with zero attached hydrogens (tertiary/aromatic N) is 5. The second kappa shape index (κ2) is 15.8. The second-order valence-corrected chi connectivity index (χ2v) is 15.3. The number of carbonyl (C=O) groups is 4. The third-order valence-electron chi connectivity index (χ3n) is 10.2. The molecule has 1 aliphatic carbocycles. The molecule has 3 aromatic rings. The molecular formula is C40H50N6O6. The number of esters is 1. The van der Waals surface area contributed by atoms with Crippen molar-refractivity contribution in [1.29, 1.82) is 0 Å². The fourth-order valence-electron chi connectivity index (χ4n) is 7.41. The molecule has 0 bridgehead atoms. The number of rotatable bonds is 7. The van der Waals surface area contributed by atoms with Crippen LogP contribution >= 0.6 is 0 Å². The molecule has 3 heterocycles. The van der Waals surface area contributed by atoms with E-state index in [1.165, 1.54) is 4.80 Å². The summed E-state index contributed by atoms with van der Waals surface area (Å²) in [5.74, 6) is -0.971. The van der Waals surface area contributed by atoms with Crippen LogP contribution in [0.4, 0.5) is 4.79 Å². The van der Waals surface area contributed by atoms with Crippen molar-refractivity contribution in [1.82, 2.24) is 30.4 Å². The van der Waals surface area contributed by atoms with E-state index in [2.05, 4.69) is 52.0 Å². The standard InChI is InChI=1S/C40H50N6O6/c1-5-51-37(49)40-23-31(40)16-12-7-6-8-13-17-32(41-38(50)52-39(2,3)4)36(48)45-26-30(22-33(45)34(47)24-40)35-42-44-46(43-35)25-27-18-20-29(21-19-27)28-14-10-9-11-15-28/h9-12,14-16,18-21,30-33H,5-8,13,17,22-26H2,1-4H3,(H,41,50)/b16-12-/t30-,31-,32+,33+,40-/m1/s1. The van der Waals surface area contributed by atoms with Crippen molar-refractivity contribution >= 4 is 23.8 Å². The Labute approximate surface area is 305 Å². The normalized spacial score (nSPS) is 26.0. The van der Waals surface area contributed by atoms with E-state index >= 15 is 0 Å². The summed E-state index contributed by atoms with van der Waals surface area (Å²) in [5, 5.41) is 16.2. The van der Waals surface area contributed by atoms with Gasteiger partial charge in [0.05, 0.1) is 24.6 Å². The minimum Gasteiger partial charge on any atom is -0.466 e. The molecule has 2 aromatic carbocycles. The molecular weight excluding hydrogens is 660 g/mol. The van der Waals surface area contributed by atoms with E-state index in [0.717, 1.165) is 36.0 Å². The number of allylic oxidation sites excluding steroid dienone is 2. The number of ether oxygens (including phenoxy) is 2. The molecule has 12 heteroatoms. The second-order valence-electron chi connectivity index (χ2n) is 15.3. The fourth-order valence-corrected chi connectivity index (χ4v) is 7.41. The Bertz CT molecular complexity index is 1770. The number of hydrogen-bond acceptors (Lipinski definition) is 9. The highest BCUT2D eigenvalue weighted by Gasteiger charge is 2.61. The summed E-state index contributed by atoms with van der Waals surface area (Å²) in [5.41, 5.74) is 1.55. The van der Waals surface area contributed by atoms with E-state index < -0.39 is 29.2 Å². The third-order valence-corrected chi connectivity index (χ3v) is 10.2. The summed E-state index contributed by atoms with van der Waals surface area (Å²) in [7, 11) is 0. The summed E-state index contributed by atoms with van der Waals surface area (Å²) in [6.45, 7) is 7.86. The minimum absolute atomic E-state index is 0.0364. The van der Waals surface area contributed by atoms with Gasteiger partial charge in [0.25, 0.3) is 0 Å². The summed E-state index contributed by atoms with van der Waals surface area (Å²) in [6, 6.07) is 16.6. The van der Waals surface area contributed by atoms with Crippen LogP contribution in [0.5, 0.6) is 0 Å². The smallest absolute Gasteiger partial charge is 0.408 e. The Hall–Kier alpha value is -4.87. The van der Waals surface area contributed by atoms with Crippen LogP contribution in [0.25, 0.3) is 11.1 Å². The van der Waals surface area contributed by atoms with Gasteiger partial charge in [0.2, 0.25) is 5.91 Å². The van der Waals surface area contributed by atoms with Gasteiger partial charge < -0.3 is 19.7 Å². The Balaban J connectivity index is 1.24. The fraction of sp³-hybridized carbons (Fsp3) is 0.525. The average Bonchev–Trinajstić information content (AvgIpc) is 3.40. The monoisotopic (exact) mass is 710 g/mol. The maximum Gasteiger partial charge on any atom is 0.408 e. The van der Waals surface area contributed by atoms with E-state index in [-0.39, 0.29) is 55.5 Å².